The van der Waals surface area contributed by atoms with Gasteiger partial charge in [-0.2, -0.15) is 0 Å². The zero-order valence-electron chi connectivity index (χ0n) is 14.0. The highest BCUT2D eigenvalue weighted by Crippen LogP contribution is 2.36. The topological polar surface area (TPSA) is 49.8 Å². The van der Waals surface area contributed by atoms with Crippen molar-refractivity contribution in [3.8, 4) is 5.75 Å². The lowest BCUT2D eigenvalue weighted by Gasteiger charge is -2.31. The molecule has 1 N–H and O–H groups in total. The third-order valence-corrected chi connectivity index (χ3v) is 4.61. The van der Waals surface area contributed by atoms with E-state index >= 15 is 0 Å². The van der Waals surface area contributed by atoms with Crippen LogP contribution in [0.1, 0.15) is 22.8 Å². The van der Waals surface area contributed by atoms with E-state index in [0.29, 0.717) is 17.7 Å². The molecule has 0 fully saturated rings. The first kappa shape index (κ1) is 17.2. The van der Waals surface area contributed by atoms with E-state index in [2.05, 4.69) is 6.58 Å². The van der Waals surface area contributed by atoms with E-state index in [1.165, 1.54) is 36.3 Å². The molecule has 0 saturated heterocycles. The van der Waals surface area contributed by atoms with Crippen LogP contribution >= 0.6 is 0 Å². The van der Waals surface area contributed by atoms with Crippen LogP contribution in [-0.4, -0.2) is 29.1 Å². The molecule has 0 bridgehead atoms. The van der Waals surface area contributed by atoms with Crippen LogP contribution < -0.4 is 4.74 Å². The van der Waals surface area contributed by atoms with Gasteiger partial charge < -0.3 is 14.7 Å². The number of nitrogens with zero attached hydrogens (tertiary/aromatic N) is 1. The number of carbonyl (C=O) groups excluding carboxylic acids is 1. The van der Waals surface area contributed by atoms with Gasteiger partial charge in [0.2, 0.25) is 5.91 Å². The summed E-state index contributed by atoms with van der Waals surface area (Å²) in [5.74, 6) is -0.228. The first-order valence-corrected chi connectivity index (χ1v) is 8.06. The Hall–Kier alpha value is -2.66. The van der Waals surface area contributed by atoms with Crippen LogP contribution in [0.4, 0.5) is 4.39 Å². The van der Waals surface area contributed by atoms with Gasteiger partial charge in [-0.1, -0.05) is 30.8 Å². The third kappa shape index (κ3) is 3.28. The standard InChI is InChI=1S/C20H20FNO3/c1-3-19(23)22(12-14-10-15(21)8-9-18(14)25-2)17-11-13-6-4-5-7-16(13)20(17)24/h3-10,17,20,24H,1,11-12H2,2H3/t17-,20-/m1/s1. The maximum Gasteiger partial charge on any atom is 0.246 e. The van der Waals surface area contributed by atoms with E-state index in [1.54, 1.807) is 0 Å². The second kappa shape index (κ2) is 7.07. The van der Waals surface area contributed by atoms with E-state index in [9.17, 15) is 14.3 Å². The average Bonchev–Trinajstić information content (AvgIpc) is 2.96. The lowest BCUT2D eigenvalue weighted by molar-refractivity contribution is -0.131. The van der Waals surface area contributed by atoms with Crippen molar-refractivity contribution < 1.29 is 19.0 Å². The van der Waals surface area contributed by atoms with Gasteiger partial charge in [0, 0.05) is 5.56 Å². The monoisotopic (exact) mass is 341 g/mol. The van der Waals surface area contributed by atoms with Crippen molar-refractivity contribution >= 4 is 5.91 Å². The Bertz CT molecular complexity index is 805. The first-order valence-electron chi connectivity index (χ1n) is 8.06. The van der Waals surface area contributed by atoms with Gasteiger partial charge in [-0.25, -0.2) is 4.39 Å². The van der Waals surface area contributed by atoms with E-state index < -0.39 is 18.0 Å². The normalized spacial score (nSPS) is 18.5. The predicted octanol–water partition coefficient (Wildman–Crippen LogP) is 3.01. The molecule has 1 aliphatic carbocycles. The summed E-state index contributed by atoms with van der Waals surface area (Å²) >= 11 is 0. The molecule has 0 aromatic heterocycles. The number of rotatable bonds is 5. The molecule has 1 amide bonds. The highest BCUT2D eigenvalue weighted by atomic mass is 19.1. The van der Waals surface area contributed by atoms with E-state index in [1.807, 2.05) is 24.3 Å². The number of carbonyl (C=O) groups is 1. The quantitative estimate of drug-likeness (QED) is 0.851. The first-order chi connectivity index (χ1) is 12.0. The summed E-state index contributed by atoms with van der Waals surface area (Å²) in [5, 5.41) is 10.7. The third-order valence-electron chi connectivity index (χ3n) is 4.61. The van der Waals surface area contributed by atoms with Crippen molar-refractivity contribution in [1.29, 1.82) is 0 Å². The Morgan fingerprint density at radius 1 is 1.40 bits per heavy atom. The van der Waals surface area contributed by atoms with Crippen LogP contribution in [0.15, 0.2) is 55.1 Å². The second-order valence-electron chi connectivity index (χ2n) is 6.04. The molecule has 2 atom stereocenters. The zero-order valence-corrected chi connectivity index (χ0v) is 14.0. The van der Waals surface area contributed by atoms with Gasteiger partial charge in [0.25, 0.3) is 0 Å². The summed E-state index contributed by atoms with van der Waals surface area (Å²) in [6, 6.07) is 11.3. The summed E-state index contributed by atoms with van der Waals surface area (Å²) in [7, 11) is 1.50. The average molecular weight is 341 g/mol. The van der Waals surface area contributed by atoms with Crippen LogP contribution in [0, 0.1) is 5.82 Å². The van der Waals surface area contributed by atoms with Crippen LogP contribution in [0.2, 0.25) is 0 Å². The van der Waals surface area contributed by atoms with Gasteiger partial charge in [-0.15, -0.1) is 0 Å². The second-order valence-corrected chi connectivity index (χ2v) is 6.04. The minimum atomic E-state index is -0.792. The molecule has 0 aliphatic heterocycles. The number of methoxy groups -OCH3 is 1. The highest BCUT2D eigenvalue weighted by molar-refractivity contribution is 5.87. The van der Waals surface area contributed by atoms with Gasteiger partial charge in [0.1, 0.15) is 11.6 Å². The molecule has 0 heterocycles. The van der Waals surface area contributed by atoms with Crippen LogP contribution in [0.25, 0.3) is 0 Å². The Balaban J connectivity index is 1.94. The van der Waals surface area contributed by atoms with Crippen LogP contribution in [0.3, 0.4) is 0 Å². The molecule has 2 aromatic rings. The minimum absolute atomic E-state index is 0.126. The van der Waals surface area contributed by atoms with E-state index in [4.69, 9.17) is 4.74 Å². The Kier molecular flexibility index (Phi) is 4.86. The molecule has 0 unspecified atom stereocenters. The number of fused-ring (bicyclic) bond motifs is 1. The molecule has 3 rings (SSSR count). The maximum atomic E-state index is 13.7. The summed E-state index contributed by atoms with van der Waals surface area (Å²) < 4.78 is 18.9. The lowest BCUT2D eigenvalue weighted by atomic mass is 10.1. The SMILES string of the molecule is C=CC(=O)N(Cc1cc(F)ccc1OC)[C@@H]1Cc2ccccc2[C@H]1O. The zero-order chi connectivity index (χ0) is 18.0. The molecule has 1 aliphatic rings. The molecule has 0 spiro atoms. The maximum absolute atomic E-state index is 13.7. The molecule has 0 radical (unpaired) electrons. The molecule has 4 nitrogen and oxygen atoms in total. The highest BCUT2D eigenvalue weighted by Gasteiger charge is 2.36. The summed E-state index contributed by atoms with van der Waals surface area (Å²) in [6.45, 7) is 3.68. The summed E-state index contributed by atoms with van der Waals surface area (Å²) in [6.07, 6.45) is 0.954. The van der Waals surface area contributed by atoms with Gasteiger partial charge in [0.05, 0.1) is 25.8 Å². The van der Waals surface area contributed by atoms with Crippen molar-refractivity contribution in [3.63, 3.8) is 0 Å². The van der Waals surface area contributed by atoms with E-state index in [-0.39, 0.29) is 12.5 Å². The Morgan fingerprint density at radius 2 is 2.16 bits per heavy atom. The van der Waals surface area contributed by atoms with Crippen molar-refractivity contribution in [2.75, 3.05) is 7.11 Å². The minimum Gasteiger partial charge on any atom is -0.496 e. The predicted molar refractivity (Wildman–Crippen MR) is 92.6 cm³/mol. The lowest BCUT2D eigenvalue weighted by Crippen LogP contribution is -2.41. The number of hydrogen-bond donors (Lipinski definition) is 1. The van der Waals surface area contributed by atoms with Gasteiger partial charge >= 0.3 is 0 Å². The van der Waals surface area contributed by atoms with Crippen molar-refractivity contribution in [2.24, 2.45) is 0 Å². The van der Waals surface area contributed by atoms with E-state index in [0.717, 1.165) is 11.1 Å². The van der Waals surface area contributed by atoms with Crippen LogP contribution in [-0.2, 0) is 17.8 Å². The molecule has 130 valence electrons. The molecular formula is C20H20FNO3. The van der Waals surface area contributed by atoms with Crippen molar-refractivity contribution in [2.45, 2.75) is 25.1 Å². The van der Waals surface area contributed by atoms with Crippen LogP contribution in [0.5, 0.6) is 5.75 Å². The summed E-state index contributed by atoms with van der Waals surface area (Å²) in [4.78, 5) is 14.0. The fourth-order valence-electron chi connectivity index (χ4n) is 3.36. The fraction of sp³-hybridized carbons (Fsp3) is 0.250. The number of aliphatic hydroxyl groups is 1. The number of ether oxygens (including phenoxy) is 1. The van der Waals surface area contributed by atoms with Crippen molar-refractivity contribution in [1.82, 2.24) is 4.90 Å². The number of aliphatic hydroxyl groups excluding tert-OH is 1. The molecule has 0 saturated carbocycles. The number of halogens is 1. The smallest absolute Gasteiger partial charge is 0.246 e. The molecule has 5 heteroatoms. The number of benzene rings is 2. The van der Waals surface area contributed by atoms with Gasteiger partial charge in [-0.05, 0) is 41.8 Å². The largest absolute Gasteiger partial charge is 0.496 e. The number of hydrogen-bond acceptors (Lipinski definition) is 3. The molecular weight excluding hydrogens is 321 g/mol. The molecule has 25 heavy (non-hydrogen) atoms. The Labute approximate surface area is 146 Å². The summed E-state index contributed by atoms with van der Waals surface area (Å²) in [5.41, 5.74) is 2.37. The molecule has 2 aromatic carbocycles. The van der Waals surface area contributed by atoms with Gasteiger partial charge in [0.15, 0.2) is 0 Å². The fourth-order valence-corrected chi connectivity index (χ4v) is 3.36. The van der Waals surface area contributed by atoms with Gasteiger partial charge in [-0.3, -0.25) is 4.79 Å². The number of amides is 1. The van der Waals surface area contributed by atoms with Crippen molar-refractivity contribution in [3.05, 3.63) is 77.6 Å². The Morgan fingerprint density at radius 3 is 2.84 bits per heavy atom.